The Morgan fingerprint density at radius 3 is 2.31 bits per heavy atom. The van der Waals surface area contributed by atoms with E-state index < -0.39 is 28.5 Å². The maximum absolute atomic E-state index is 14.2. The molecule has 0 heterocycles. The van der Waals surface area contributed by atoms with Crippen molar-refractivity contribution in [3.8, 4) is 5.75 Å². The van der Waals surface area contributed by atoms with Crippen LogP contribution in [0.2, 0.25) is 10.0 Å². The number of ether oxygens (including phenoxy) is 1. The predicted octanol–water partition coefficient (Wildman–Crippen LogP) is 5.47. The van der Waals surface area contributed by atoms with E-state index in [-0.39, 0.29) is 30.6 Å². The fraction of sp³-hybridized carbons (Fsp3) is 0.355. The first kappa shape index (κ1) is 31.7. The molecule has 0 aliphatic heterocycles. The summed E-state index contributed by atoms with van der Waals surface area (Å²) in [4.78, 5) is 29.5. The van der Waals surface area contributed by atoms with Crippen molar-refractivity contribution >= 4 is 50.7 Å². The summed E-state index contributed by atoms with van der Waals surface area (Å²) in [5, 5.41) is 3.81. The maximum atomic E-state index is 14.2. The SMILES string of the molecule is COc1cccc(N(CC(=O)N(Cc2ccc(Cl)c(Cl)c2)C(Cc2ccccc2)C(=O)NC2CCCC2)S(C)(=O)=O)c1. The Morgan fingerprint density at radius 2 is 1.67 bits per heavy atom. The molecule has 1 aliphatic rings. The Hall–Kier alpha value is -3.27. The molecule has 0 bridgehead atoms. The molecule has 0 saturated heterocycles. The van der Waals surface area contributed by atoms with Crippen molar-refractivity contribution in [2.45, 2.75) is 50.7 Å². The van der Waals surface area contributed by atoms with Crippen molar-refractivity contribution in [2.75, 3.05) is 24.2 Å². The molecule has 1 aliphatic carbocycles. The van der Waals surface area contributed by atoms with Crippen molar-refractivity contribution in [3.63, 3.8) is 0 Å². The van der Waals surface area contributed by atoms with Gasteiger partial charge in [0.15, 0.2) is 0 Å². The highest BCUT2D eigenvalue weighted by Gasteiger charge is 2.34. The zero-order valence-corrected chi connectivity index (χ0v) is 26.0. The summed E-state index contributed by atoms with van der Waals surface area (Å²) in [5.74, 6) is -0.387. The van der Waals surface area contributed by atoms with Crippen LogP contribution >= 0.6 is 23.2 Å². The number of methoxy groups -OCH3 is 1. The summed E-state index contributed by atoms with van der Waals surface area (Å²) in [6.45, 7) is -0.504. The summed E-state index contributed by atoms with van der Waals surface area (Å²) in [7, 11) is -2.41. The number of nitrogens with one attached hydrogen (secondary N) is 1. The zero-order chi connectivity index (χ0) is 30.3. The number of amides is 2. The predicted molar refractivity (Wildman–Crippen MR) is 167 cm³/mol. The van der Waals surface area contributed by atoms with Crippen LogP contribution in [-0.4, -0.2) is 57.1 Å². The standard InChI is InChI=1S/C31H35Cl2N3O5S/c1-41-26-14-8-13-25(19-26)36(42(2,39)40)21-30(37)35(20-23-15-16-27(32)28(33)17-23)29(18-22-9-4-3-5-10-22)31(38)34-24-11-6-7-12-24/h3-5,8-10,13-17,19,24,29H,6-7,11-12,18,20-21H2,1-2H3,(H,34,38). The third-order valence-electron chi connectivity index (χ3n) is 7.33. The maximum Gasteiger partial charge on any atom is 0.244 e. The number of hydrogen-bond acceptors (Lipinski definition) is 5. The van der Waals surface area contributed by atoms with Gasteiger partial charge in [0, 0.05) is 25.1 Å². The van der Waals surface area contributed by atoms with E-state index >= 15 is 0 Å². The van der Waals surface area contributed by atoms with Crippen LogP contribution in [0.25, 0.3) is 0 Å². The van der Waals surface area contributed by atoms with Crippen LogP contribution in [0.5, 0.6) is 5.75 Å². The van der Waals surface area contributed by atoms with E-state index in [0.29, 0.717) is 21.4 Å². The van der Waals surface area contributed by atoms with Gasteiger partial charge in [0.25, 0.3) is 0 Å². The number of carbonyl (C=O) groups is 2. The molecular weight excluding hydrogens is 597 g/mol. The number of rotatable bonds is 12. The minimum Gasteiger partial charge on any atom is -0.497 e. The molecule has 1 atom stereocenters. The molecular formula is C31H35Cl2N3O5S. The van der Waals surface area contributed by atoms with Gasteiger partial charge in [0.05, 0.1) is 29.1 Å². The highest BCUT2D eigenvalue weighted by molar-refractivity contribution is 7.92. The first-order valence-corrected chi connectivity index (χ1v) is 16.3. The smallest absolute Gasteiger partial charge is 0.244 e. The molecule has 0 aromatic heterocycles. The Kier molecular flexibility index (Phi) is 10.8. The molecule has 3 aromatic carbocycles. The fourth-order valence-electron chi connectivity index (χ4n) is 5.14. The van der Waals surface area contributed by atoms with Gasteiger partial charge in [-0.25, -0.2) is 8.42 Å². The molecule has 11 heteroatoms. The fourth-order valence-corrected chi connectivity index (χ4v) is 6.30. The van der Waals surface area contributed by atoms with Gasteiger partial charge in [-0.1, -0.05) is 78.5 Å². The summed E-state index contributed by atoms with van der Waals surface area (Å²) in [5.41, 5.74) is 1.79. The highest BCUT2D eigenvalue weighted by atomic mass is 35.5. The zero-order valence-electron chi connectivity index (χ0n) is 23.6. The average molecular weight is 633 g/mol. The first-order valence-electron chi connectivity index (χ1n) is 13.7. The van der Waals surface area contributed by atoms with Crippen molar-refractivity contribution in [1.29, 1.82) is 0 Å². The second-order valence-corrected chi connectivity index (χ2v) is 13.2. The molecule has 1 N–H and O–H groups in total. The van der Waals surface area contributed by atoms with E-state index in [1.54, 1.807) is 42.5 Å². The van der Waals surface area contributed by atoms with Gasteiger partial charge in [-0.15, -0.1) is 0 Å². The molecule has 1 unspecified atom stereocenters. The van der Waals surface area contributed by atoms with Crippen LogP contribution in [0.1, 0.15) is 36.8 Å². The van der Waals surface area contributed by atoms with Crippen molar-refractivity contribution in [3.05, 3.63) is 94.0 Å². The monoisotopic (exact) mass is 631 g/mol. The molecule has 0 spiro atoms. The van der Waals surface area contributed by atoms with Gasteiger partial charge < -0.3 is 15.0 Å². The van der Waals surface area contributed by atoms with Gasteiger partial charge in [-0.05, 0) is 48.2 Å². The number of carbonyl (C=O) groups excluding carboxylic acids is 2. The molecule has 3 aromatic rings. The van der Waals surface area contributed by atoms with Crippen LogP contribution in [-0.2, 0) is 32.6 Å². The van der Waals surface area contributed by atoms with E-state index in [4.69, 9.17) is 27.9 Å². The quantitative estimate of drug-likeness (QED) is 0.286. The second-order valence-electron chi connectivity index (χ2n) is 10.4. The van der Waals surface area contributed by atoms with Gasteiger partial charge in [0.2, 0.25) is 21.8 Å². The van der Waals surface area contributed by atoms with Crippen LogP contribution in [0, 0.1) is 0 Å². The number of benzene rings is 3. The summed E-state index contributed by atoms with van der Waals surface area (Å²) in [6.07, 6.45) is 5.10. The molecule has 1 saturated carbocycles. The Balaban J connectivity index is 1.74. The molecule has 42 heavy (non-hydrogen) atoms. The van der Waals surface area contributed by atoms with Gasteiger partial charge in [-0.3, -0.25) is 13.9 Å². The molecule has 224 valence electrons. The Morgan fingerprint density at radius 1 is 0.952 bits per heavy atom. The third kappa shape index (κ3) is 8.40. The molecule has 1 fully saturated rings. The minimum absolute atomic E-state index is 0.0149. The van der Waals surface area contributed by atoms with Crippen molar-refractivity contribution in [1.82, 2.24) is 10.2 Å². The summed E-state index contributed by atoms with van der Waals surface area (Å²) < 4.78 is 32.2. The van der Waals surface area contributed by atoms with Gasteiger partial charge >= 0.3 is 0 Å². The lowest BCUT2D eigenvalue weighted by Crippen LogP contribution is -2.54. The van der Waals surface area contributed by atoms with E-state index in [0.717, 1.165) is 41.8 Å². The number of hydrogen-bond donors (Lipinski definition) is 1. The third-order valence-corrected chi connectivity index (χ3v) is 9.21. The second kappa shape index (κ2) is 14.3. The number of anilines is 1. The van der Waals surface area contributed by atoms with E-state index in [2.05, 4.69) is 5.32 Å². The topological polar surface area (TPSA) is 96.0 Å². The number of halogens is 2. The van der Waals surface area contributed by atoms with Crippen molar-refractivity contribution in [2.24, 2.45) is 0 Å². The van der Waals surface area contributed by atoms with E-state index in [9.17, 15) is 18.0 Å². The van der Waals surface area contributed by atoms with Crippen LogP contribution < -0.4 is 14.4 Å². The van der Waals surface area contributed by atoms with E-state index in [1.165, 1.54) is 12.0 Å². The Labute approximate surface area is 257 Å². The van der Waals surface area contributed by atoms with E-state index in [1.807, 2.05) is 30.3 Å². The molecule has 0 radical (unpaired) electrons. The van der Waals surface area contributed by atoms with Crippen LogP contribution in [0.4, 0.5) is 5.69 Å². The summed E-state index contributed by atoms with van der Waals surface area (Å²) >= 11 is 12.4. The Bertz CT molecular complexity index is 1500. The summed E-state index contributed by atoms with van der Waals surface area (Å²) in [6, 6.07) is 20.0. The lowest BCUT2D eigenvalue weighted by Gasteiger charge is -2.34. The molecule has 4 rings (SSSR count). The van der Waals surface area contributed by atoms with Gasteiger partial charge in [0.1, 0.15) is 18.3 Å². The molecule has 8 nitrogen and oxygen atoms in total. The van der Waals surface area contributed by atoms with Crippen LogP contribution in [0.15, 0.2) is 72.8 Å². The van der Waals surface area contributed by atoms with Gasteiger partial charge in [-0.2, -0.15) is 0 Å². The van der Waals surface area contributed by atoms with Crippen LogP contribution in [0.3, 0.4) is 0 Å². The lowest BCUT2D eigenvalue weighted by molar-refractivity contribution is -0.140. The first-order chi connectivity index (χ1) is 20.0. The highest BCUT2D eigenvalue weighted by Crippen LogP contribution is 2.27. The number of nitrogens with zero attached hydrogens (tertiary/aromatic N) is 2. The van der Waals surface area contributed by atoms with Crippen molar-refractivity contribution < 1.29 is 22.7 Å². The minimum atomic E-state index is -3.89. The number of sulfonamides is 1. The largest absolute Gasteiger partial charge is 0.497 e. The molecule has 2 amide bonds. The lowest BCUT2D eigenvalue weighted by atomic mass is 10.0. The average Bonchev–Trinajstić information content (AvgIpc) is 3.48. The normalized spacial score (nSPS) is 14.3.